The third-order valence-corrected chi connectivity index (χ3v) is 7.39. The van der Waals surface area contributed by atoms with E-state index in [1.165, 1.54) is 22.3 Å². The average Bonchev–Trinajstić information content (AvgIpc) is 2.81. The Bertz CT molecular complexity index is 949. The zero-order chi connectivity index (χ0) is 28.7. The largest absolute Gasteiger partial charge is 0.481 e. The number of rotatable bonds is 17. The minimum absolute atomic E-state index is 0.279. The smallest absolute Gasteiger partial charge is 0.307 e. The van der Waals surface area contributed by atoms with E-state index in [0.717, 1.165) is 68.9 Å². The Morgan fingerprint density at radius 3 is 1.82 bits per heavy atom. The number of allylic oxidation sites excluding steroid dienone is 11. The lowest BCUT2D eigenvalue weighted by Gasteiger charge is -2.33. The molecule has 0 aromatic rings. The monoisotopic (exact) mass is 524 g/mol. The maximum atomic E-state index is 12.1. The van der Waals surface area contributed by atoms with Crippen molar-refractivity contribution in [1.82, 2.24) is 0 Å². The molecule has 2 unspecified atom stereocenters. The van der Waals surface area contributed by atoms with Crippen LogP contribution in [0.5, 0.6) is 0 Å². The molecule has 3 atom stereocenters. The van der Waals surface area contributed by atoms with Crippen molar-refractivity contribution >= 4 is 11.9 Å². The molecule has 0 saturated carbocycles. The van der Waals surface area contributed by atoms with E-state index >= 15 is 0 Å². The van der Waals surface area contributed by atoms with E-state index in [-0.39, 0.29) is 5.92 Å². The van der Waals surface area contributed by atoms with Crippen molar-refractivity contribution in [1.29, 1.82) is 0 Å². The van der Waals surface area contributed by atoms with Crippen LogP contribution in [0.1, 0.15) is 112 Å². The van der Waals surface area contributed by atoms with Crippen LogP contribution in [0.4, 0.5) is 0 Å². The topological polar surface area (TPSA) is 74.6 Å². The Hall–Kier alpha value is -2.62. The number of carboxylic acids is 2. The van der Waals surface area contributed by atoms with Gasteiger partial charge < -0.3 is 10.2 Å². The van der Waals surface area contributed by atoms with E-state index in [0.29, 0.717) is 12.8 Å². The Balaban J connectivity index is 2.77. The maximum Gasteiger partial charge on any atom is 0.307 e. The molecule has 0 aromatic carbocycles. The van der Waals surface area contributed by atoms with Gasteiger partial charge in [0, 0.05) is 0 Å². The summed E-state index contributed by atoms with van der Waals surface area (Å²) in [6, 6.07) is 0. The molecule has 4 nitrogen and oxygen atoms in total. The number of aliphatic carboxylic acids is 2. The van der Waals surface area contributed by atoms with E-state index in [1.807, 2.05) is 0 Å². The number of carboxylic acid groups (broad SMARTS) is 2. The molecule has 0 aliphatic heterocycles. The van der Waals surface area contributed by atoms with Gasteiger partial charge in [-0.3, -0.25) is 9.59 Å². The summed E-state index contributed by atoms with van der Waals surface area (Å²) in [5.74, 6) is -4.05. The Kier molecular flexibility index (Phi) is 15.7. The second-order valence-corrected chi connectivity index (χ2v) is 11.6. The first-order chi connectivity index (χ1) is 17.9. The van der Waals surface area contributed by atoms with E-state index < -0.39 is 23.8 Å². The molecule has 0 radical (unpaired) electrons. The van der Waals surface area contributed by atoms with Crippen molar-refractivity contribution in [3.05, 3.63) is 70.4 Å². The molecular weight excluding hydrogens is 472 g/mol. The van der Waals surface area contributed by atoms with Crippen LogP contribution in [0.2, 0.25) is 0 Å². The lowest BCUT2D eigenvalue weighted by Crippen LogP contribution is -2.38. The molecule has 1 rings (SSSR count). The van der Waals surface area contributed by atoms with Crippen LogP contribution in [0.3, 0.4) is 0 Å². The van der Waals surface area contributed by atoms with Crippen molar-refractivity contribution in [2.45, 2.75) is 112 Å². The van der Waals surface area contributed by atoms with Crippen LogP contribution in [0.15, 0.2) is 70.4 Å². The van der Waals surface area contributed by atoms with Gasteiger partial charge in [0.25, 0.3) is 0 Å². The minimum Gasteiger partial charge on any atom is -0.481 e. The average molecular weight is 525 g/mol. The van der Waals surface area contributed by atoms with E-state index in [1.54, 1.807) is 0 Å². The van der Waals surface area contributed by atoms with Gasteiger partial charge in [-0.15, -0.1) is 0 Å². The van der Waals surface area contributed by atoms with Crippen molar-refractivity contribution in [3.8, 4) is 0 Å². The molecule has 0 spiro atoms. The molecular formula is C34H52O4. The highest BCUT2D eigenvalue weighted by Crippen LogP contribution is 2.39. The summed E-state index contributed by atoms with van der Waals surface area (Å²) in [5.41, 5.74) is 7.57. The lowest BCUT2D eigenvalue weighted by molar-refractivity contribution is -0.156. The molecule has 0 saturated heterocycles. The molecule has 38 heavy (non-hydrogen) atoms. The molecule has 212 valence electrons. The second-order valence-electron chi connectivity index (χ2n) is 11.6. The molecule has 0 amide bonds. The lowest BCUT2D eigenvalue weighted by atomic mass is 9.70. The van der Waals surface area contributed by atoms with Gasteiger partial charge in [0.2, 0.25) is 0 Å². The quantitative estimate of drug-likeness (QED) is 0.186. The van der Waals surface area contributed by atoms with Crippen molar-refractivity contribution < 1.29 is 19.8 Å². The van der Waals surface area contributed by atoms with Crippen LogP contribution < -0.4 is 0 Å². The van der Waals surface area contributed by atoms with Gasteiger partial charge in [-0.2, -0.15) is 0 Å². The van der Waals surface area contributed by atoms with Gasteiger partial charge in [-0.05, 0) is 118 Å². The molecule has 1 aliphatic rings. The van der Waals surface area contributed by atoms with Crippen LogP contribution in [-0.4, -0.2) is 22.2 Å². The Morgan fingerprint density at radius 1 is 0.789 bits per heavy atom. The summed E-state index contributed by atoms with van der Waals surface area (Å²) < 4.78 is 0. The summed E-state index contributed by atoms with van der Waals surface area (Å²) in [4.78, 5) is 24.2. The minimum atomic E-state index is -1.01. The first-order valence-corrected chi connectivity index (χ1v) is 14.3. The Morgan fingerprint density at radius 2 is 1.32 bits per heavy atom. The summed E-state index contributed by atoms with van der Waals surface area (Å²) in [6.45, 7) is 17.0. The fourth-order valence-electron chi connectivity index (χ4n) is 5.13. The first kappa shape index (κ1) is 33.4. The maximum absolute atomic E-state index is 12.1. The summed E-state index contributed by atoms with van der Waals surface area (Å²) >= 11 is 0. The van der Waals surface area contributed by atoms with Gasteiger partial charge in [0.15, 0.2) is 0 Å². The predicted octanol–water partition coefficient (Wildman–Crippen LogP) is 9.62. The summed E-state index contributed by atoms with van der Waals surface area (Å²) in [7, 11) is 0. The highest BCUT2D eigenvalue weighted by Gasteiger charge is 2.41. The highest BCUT2D eigenvalue weighted by atomic mass is 16.4. The predicted molar refractivity (Wildman–Crippen MR) is 160 cm³/mol. The normalized spacial score (nSPS) is 19.9. The Labute approximate surface area is 232 Å². The van der Waals surface area contributed by atoms with Crippen LogP contribution >= 0.6 is 0 Å². The van der Waals surface area contributed by atoms with E-state index in [2.05, 4.69) is 78.5 Å². The van der Waals surface area contributed by atoms with Crippen molar-refractivity contribution in [3.63, 3.8) is 0 Å². The zero-order valence-corrected chi connectivity index (χ0v) is 24.8. The molecule has 0 bridgehead atoms. The van der Waals surface area contributed by atoms with Crippen molar-refractivity contribution in [2.75, 3.05) is 0 Å². The van der Waals surface area contributed by atoms with Gasteiger partial charge in [-0.25, -0.2) is 0 Å². The number of carbonyl (C=O) groups is 2. The van der Waals surface area contributed by atoms with Gasteiger partial charge in [0.1, 0.15) is 0 Å². The number of hydrogen-bond donors (Lipinski definition) is 2. The molecule has 0 aromatic heterocycles. The fraction of sp³-hybridized carbons (Fsp3) is 0.588. The van der Waals surface area contributed by atoms with Crippen LogP contribution in [-0.2, 0) is 9.59 Å². The van der Waals surface area contributed by atoms with Gasteiger partial charge in [-0.1, -0.05) is 70.4 Å². The zero-order valence-electron chi connectivity index (χ0n) is 24.8. The van der Waals surface area contributed by atoms with E-state index in [4.69, 9.17) is 0 Å². The fourth-order valence-corrected chi connectivity index (χ4v) is 5.13. The summed E-state index contributed by atoms with van der Waals surface area (Å²) in [6.07, 6.45) is 20.4. The van der Waals surface area contributed by atoms with Crippen LogP contribution in [0, 0.1) is 17.8 Å². The first-order valence-electron chi connectivity index (χ1n) is 14.3. The van der Waals surface area contributed by atoms with Crippen LogP contribution in [0.25, 0.3) is 0 Å². The molecule has 1 aliphatic carbocycles. The van der Waals surface area contributed by atoms with E-state index in [9.17, 15) is 19.8 Å². The van der Waals surface area contributed by atoms with Gasteiger partial charge in [0.05, 0.1) is 11.8 Å². The molecule has 4 heteroatoms. The standard InChI is InChI=1S/C34H52O4/c1-24(2)12-8-14-26(5)16-10-17-28(7)20-21-30-22-29(23-31(33(35)36)32(30)34(37)38)19-11-18-27(6)15-9-13-25(3)4/h12-13,16,18,22,30-32H,7-11,14-15,17,19-21,23H2,1-6H3,(H,35,36)(H,37,38)/b26-16+,27-18+/t30?,31-,32?/m0/s1. The van der Waals surface area contributed by atoms with Gasteiger partial charge >= 0.3 is 11.9 Å². The third-order valence-electron chi connectivity index (χ3n) is 7.39. The second kappa shape index (κ2) is 17.8. The molecule has 0 heterocycles. The third kappa shape index (κ3) is 13.8. The molecule has 0 fully saturated rings. The molecule has 2 N–H and O–H groups in total. The summed E-state index contributed by atoms with van der Waals surface area (Å²) in [5, 5.41) is 19.8. The highest BCUT2D eigenvalue weighted by molar-refractivity contribution is 5.81. The number of hydrogen-bond acceptors (Lipinski definition) is 2. The van der Waals surface area contributed by atoms with Crippen molar-refractivity contribution in [2.24, 2.45) is 17.8 Å². The SMILES string of the molecule is C=C(CC/C=C(\C)CCC=C(C)C)CCC1C=C(CC/C=C(\C)CCC=C(C)C)C[C@H](C(=O)O)C1C(=O)O.